The lowest BCUT2D eigenvalue weighted by Crippen LogP contribution is -1.97. The van der Waals surface area contributed by atoms with Gasteiger partial charge in [-0.25, -0.2) is 4.39 Å². The minimum Gasteiger partial charge on any atom is -0.494 e. The van der Waals surface area contributed by atoms with Crippen LogP contribution in [0, 0.1) is 5.82 Å². The third kappa shape index (κ3) is 7.20. The number of unbranched alkanes of at least 4 members (excludes halogenated alkanes) is 4. The molecule has 0 aliphatic carbocycles. The fraction of sp³-hybridized carbons (Fsp3) is 0.379. The molecule has 32 heavy (non-hydrogen) atoms. The molecule has 3 heteroatoms. The van der Waals surface area contributed by atoms with Gasteiger partial charge < -0.3 is 9.47 Å². The van der Waals surface area contributed by atoms with Gasteiger partial charge in [0.15, 0.2) is 0 Å². The van der Waals surface area contributed by atoms with Gasteiger partial charge in [-0.3, -0.25) is 0 Å². The number of ether oxygens (including phenoxy) is 2. The van der Waals surface area contributed by atoms with Crippen LogP contribution in [-0.2, 0) is 11.2 Å². The van der Waals surface area contributed by atoms with Gasteiger partial charge in [-0.05, 0) is 59.7 Å². The van der Waals surface area contributed by atoms with Crippen molar-refractivity contribution < 1.29 is 13.9 Å². The fourth-order valence-corrected chi connectivity index (χ4v) is 3.88. The molecular weight excluding hydrogens is 399 g/mol. The summed E-state index contributed by atoms with van der Waals surface area (Å²) in [7, 11) is 1.75. The topological polar surface area (TPSA) is 18.5 Å². The summed E-state index contributed by atoms with van der Waals surface area (Å²) in [5, 5.41) is 0. The number of aryl methyl sites for hydroxylation is 1. The third-order valence-electron chi connectivity index (χ3n) is 5.72. The normalized spacial score (nSPS) is 11.0. The maximum atomic E-state index is 14.9. The van der Waals surface area contributed by atoms with Gasteiger partial charge in [-0.2, -0.15) is 0 Å². The Kier molecular flexibility index (Phi) is 9.77. The van der Waals surface area contributed by atoms with Crippen molar-refractivity contribution in [3.63, 3.8) is 0 Å². The van der Waals surface area contributed by atoms with Gasteiger partial charge in [0.1, 0.15) is 11.6 Å². The molecule has 0 spiro atoms. The molecule has 0 amide bonds. The molecule has 0 fully saturated rings. The van der Waals surface area contributed by atoms with Gasteiger partial charge in [0.25, 0.3) is 0 Å². The molecule has 0 aliphatic rings. The van der Waals surface area contributed by atoms with Crippen LogP contribution in [0.2, 0.25) is 0 Å². The van der Waals surface area contributed by atoms with E-state index in [-0.39, 0.29) is 5.82 Å². The van der Waals surface area contributed by atoms with E-state index in [0.717, 1.165) is 61.3 Å². The van der Waals surface area contributed by atoms with Crippen molar-refractivity contribution in [2.24, 2.45) is 0 Å². The van der Waals surface area contributed by atoms with Crippen LogP contribution in [-0.4, -0.2) is 20.3 Å². The first-order valence-corrected chi connectivity index (χ1v) is 11.8. The Morgan fingerprint density at radius 3 is 1.97 bits per heavy atom. The second kappa shape index (κ2) is 13.0. The van der Waals surface area contributed by atoms with Gasteiger partial charge in [0, 0.05) is 19.3 Å². The zero-order chi connectivity index (χ0) is 22.6. The lowest BCUT2D eigenvalue weighted by molar-refractivity contribution is 0.191. The van der Waals surface area contributed by atoms with Crippen LogP contribution in [0.25, 0.3) is 22.3 Å². The summed E-state index contributed by atoms with van der Waals surface area (Å²) < 4.78 is 25.8. The molecule has 0 radical (unpaired) electrons. The number of rotatable bonds is 13. The van der Waals surface area contributed by atoms with Gasteiger partial charge in [-0.15, -0.1) is 0 Å². The first-order valence-electron chi connectivity index (χ1n) is 11.8. The van der Waals surface area contributed by atoms with E-state index in [1.165, 1.54) is 24.8 Å². The van der Waals surface area contributed by atoms with Gasteiger partial charge in [0.05, 0.1) is 6.61 Å². The monoisotopic (exact) mass is 434 g/mol. The zero-order valence-electron chi connectivity index (χ0n) is 19.4. The summed E-state index contributed by atoms with van der Waals surface area (Å²) >= 11 is 0. The first kappa shape index (κ1) is 24.0. The summed E-state index contributed by atoms with van der Waals surface area (Å²) in [5.74, 6) is 0.661. The minimum absolute atomic E-state index is 0.198. The van der Waals surface area contributed by atoms with E-state index in [2.05, 4.69) is 19.1 Å². The number of hydrogen-bond acceptors (Lipinski definition) is 2. The van der Waals surface area contributed by atoms with E-state index in [1.807, 2.05) is 48.5 Å². The molecule has 0 saturated carbocycles. The molecule has 3 rings (SSSR count). The summed E-state index contributed by atoms with van der Waals surface area (Å²) in [6.45, 7) is 3.74. The van der Waals surface area contributed by atoms with Crippen LogP contribution >= 0.6 is 0 Å². The van der Waals surface area contributed by atoms with Crippen LogP contribution in [0.3, 0.4) is 0 Å². The van der Waals surface area contributed by atoms with E-state index in [9.17, 15) is 4.39 Å². The van der Waals surface area contributed by atoms with Crippen LogP contribution in [0.4, 0.5) is 4.39 Å². The Labute approximate surface area is 192 Å². The van der Waals surface area contributed by atoms with Crippen molar-refractivity contribution in [1.82, 2.24) is 0 Å². The molecule has 0 heterocycles. The van der Waals surface area contributed by atoms with Gasteiger partial charge >= 0.3 is 0 Å². The van der Waals surface area contributed by atoms with Crippen molar-refractivity contribution in [3.8, 4) is 28.0 Å². The molecule has 3 aromatic rings. The lowest BCUT2D eigenvalue weighted by Gasteiger charge is -2.10. The molecule has 2 nitrogen and oxygen atoms in total. The third-order valence-corrected chi connectivity index (χ3v) is 5.72. The lowest BCUT2D eigenvalue weighted by atomic mass is 9.98. The SMILES string of the molecule is CCCc1ccc(-c2ccc(-c3ccc(OCCCCCCCOC)cc3)cc2F)cc1. The molecule has 0 aromatic heterocycles. The highest BCUT2D eigenvalue weighted by Gasteiger charge is 2.08. The average Bonchev–Trinajstić information content (AvgIpc) is 2.82. The molecule has 0 atom stereocenters. The smallest absolute Gasteiger partial charge is 0.131 e. The largest absolute Gasteiger partial charge is 0.494 e. The molecule has 0 saturated heterocycles. The van der Waals surface area contributed by atoms with E-state index in [1.54, 1.807) is 13.2 Å². The summed E-state index contributed by atoms with van der Waals surface area (Å²) in [6.07, 6.45) is 7.96. The molecule has 0 N–H and O–H groups in total. The summed E-state index contributed by atoms with van der Waals surface area (Å²) in [5.41, 5.74) is 4.70. The van der Waals surface area contributed by atoms with Crippen molar-refractivity contribution in [3.05, 3.63) is 78.1 Å². The highest BCUT2D eigenvalue weighted by molar-refractivity contribution is 5.71. The number of halogens is 1. The zero-order valence-corrected chi connectivity index (χ0v) is 19.4. The van der Waals surface area contributed by atoms with E-state index < -0.39 is 0 Å². The summed E-state index contributed by atoms with van der Waals surface area (Å²) in [6, 6.07) is 21.6. The highest BCUT2D eigenvalue weighted by atomic mass is 19.1. The fourth-order valence-electron chi connectivity index (χ4n) is 3.88. The number of methoxy groups -OCH3 is 1. The Balaban J connectivity index is 1.53. The molecule has 0 aliphatic heterocycles. The van der Waals surface area contributed by atoms with Crippen molar-refractivity contribution in [1.29, 1.82) is 0 Å². The van der Waals surface area contributed by atoms with Crippen molar-refractivity contribution in [2.75, 3.05) is 20.3 Å². The van der Waals surface area contributed by atoms with Gasteiger partial charge in [0.2, 0.25) is 0 Å². The molecule has 3 aromatic carbocycles. The van der Waals surface area contributed by atoms with Gasteiger partial charge in [-0.1, -0.05) is 81.1 Å². The van der Waals surface area contributed by atoms with Crippen molar-refractivity contribution in [2.45, 2.75) is 51.9 Å². The second-order valence-electron chi connectivity index (χ2n) is 8.27. The predicted molar refractivity (Wildman–Crippen MR) is 132 cm³/mol. The van der Waals surface area contributed by atoms with E-state index in [0.29, 0.717) is 5.56 Å². The predicted octanol–water partition coefficient (Wildman–Crippen LogP) is 8.09. The summed E-state index contributed by atoms with van der Waals surface area (Å²) in [4.78, 5) is 0. The van der Waals surface area contributed by atoms with Crippen molar-refractivity contribution >= 4 is 0 Å². The first-order chi connectivity index (χ1) is 15.7. The Morgan fingerprint density at radius 2 is 1.31 bits per heavy atom. The number of hydrogen-bond donors (Lipinski definition) is 0. The molecule has 0 bridgehead atoms. The molecule has 0 unspecified atom stereocenters. The van der Waals surface area contributed by atoms with Crippen LogP contribution in [0.5, 0.6) is 5.75 Å². The van der Waals surface area contributed by atoms with E-state index in [4.69, 9.17) is 9.47 Å². The Bertz CT molecular complexity index is 932. The Hall–Kier alpha value is -2.65. The average molecular weight is 435 g/mol. The van der Waals surface area contributed by atoms with Crippen LogP contribution < -0.4 is 4.74 Å². The highest BCUT2D eigenvalue weighted by Crippen LogP contribution is 2.29. The molecule has 170 valence electrons. The minimum atomic E-state index is -0.198. The Morgan fingerprint density at radius 1 is 0.688 bits per heavy atom. The number of benzene rings is 3. The maximum Gasteiger partial charge on any atom is 0.131 e. The standard InChI is InChI=1S/C29H35FO2/c1-3-9-23-10-12-25(13-11-23)28-19-16-26(22-29(28)30)24-14-17-27(18-15-24)32-21-8-6-4-5-7-20-31-2/h10-19,22H,3-9,20-21H2,1-2H3. The maximum absolute atomic E-state index is 14.9. The quantitative estimate of drug-likeness (QED) is 0.253. The van der Waals surface area contributed by atoms with Crippen LogP contribution in [0.15, 0.2) is 66.7 Å². The second-order valence-corrected chi connectivity index (χ2v) is 8.27. The van der Waals surface area contributed by atoms with E-state index >= 15 is 0 Å². The molecular formula is C29H35FO2. The van der Waals surface area contributed by atoms with Crippen LogP contribution in [0.1, 0.15) is 51.0 Å².